The van der Waals surface area contributed by atoms with Crippen molar-refractivity contribution in [1.82, 2.24) is 0 Å². The third-order valence-corrected chi connectivity index (χ3v) is 5.40. The van der Waals surface area contributed by atoms with E-state index in [1.54, 1.807) is 0 Å². The molecule has 2 aliphatic rings. The molecule has 1 atom stereocenters. The third-order valence-electron chi connectivity index (χ3n) is 4.22. The van der Waals surface area contributed by atoms with Crippen molar-refractivity contribution in [2.45, 2.75) is 31.9 Å². The highest BCUT2D eigenvalue weighted by molar-refractivity contribution is 8.14. The van der Waals surface area contributed by atoms with Crippen LogP contribution in [0.25, 0.3) is 0 Å². The number of fused-ring (bicyclic) bond motifs is 1. The zero-order chi connectivity index (χ0) is 19.6. The summed E-state index contributed by atoms with van der Waals surface area (Å²) in [6.07, 6.45) is -1.12. The van der Waals surface area contributed by atoms with Crippen molar-refractivity contribution in [2.24, 2.45) is 15.9 Å². The average molecular weight is 418 g/mol. The van der Waals surface area contributed by atoms with Crippen LogP contribution in [0.5, 0.6) is 0 Å². The first-order valence-corrected chi connectivity index (χ1v) is 9.60. The Morgan fingerprint density at radius 3 is 2.81 bits per heavy atom. The van der Waals surface area contributed by atoms with Crippen LogP contribution < -0.4 is 5.32 Å². The number of benzene rings is 1. The fraction of sp³-hybridized carbons (Fsp3) is 0.412. The molecule has 5 nitrogen and oxygen atoms in total. The lowest BCUT2D eigenvalue weighted by atomic mass is 9.86. The maximum atomic E-state index is 12.8. The summed E-state index contributed by atoms with van der Waals surface area (Å²) in [7, 11) is 0. The largest absolute Gasteiger partial charge is 0.416 e. The molecule has 1 heterocycles. The number of anilines is 1. The summed E-state index contributed by atoms with van der Waals surface area (Å²) < 4.78 is 38.3. The molecule has 27 heavy (non-hydrogen) atoms. The van der Waals surface area contributed by atoms with Gasteiger partial charge in [0.05, 0.1) is 27.9 Å². The van der Waals surface area contributed by atoms with Gasteiger partial charge in [-0.2, -0.15) is 18.2 Å². The highest BCUT2D eigenvalue weighted by Gasteiger charge is 2.32. The zero-order valence-electron chi connectivity index (χ0n) is 14.0. The first-order chi connectivity index (χ1) is 12.7. The molecular formula is C17H15ClF3N3O2S. The fourth-order valence-corrected chi connectivity index (χ4v) is 3.73. The molecule has 144 valence electrons. The van der Waals surface area contributed by atoms with Crippen LogP contribution in [0, 0.1) is 5.92 Å². The number of hydrogen-bond acceptors (Lipinski definition) is 4. The molecule has 1 unspecified atom stereocenters. The van der Waals surface area contributed by atoms with Gasteiger partial charge in [-0.1, -0.05) is 29.8 Å². The number of amides is 2. The molecule has 1 aliphatic carbocycles. The van der Waals surface area contributed by atoms with Gasteiger partial charge in [0.1, 0.15) is 0 Å². The van der Waals surface area contributed by atoms with Crippen LogP contribution in [0.1, 0.15) is 31.2 Å². The summed E-state index contributed by atoms with van der Waals surface area (Å²) in [6.45, 7) is 0. The minimum absolute atomic E-state index is 0.00294. The molecule has 0 aromatic heterocycles. The Morgan fingerprint density at radius 1 is 1.30 bits per heavy atom. The molecule has 1 N–H and O–H groups in total. The number of rotatable bonds is 3. The number of aliphatic imine (C=N–C) groups is 2. The van der Waals surface area contributed by atoms with Crippen molar-refractivity contribution in [3.63, 3.8) is 0 Å². The molecule has 10 heteroatoms. The van der Waals surface area contributed by atoms with Crippen LogP contribution in [0.2, 0.25) is 5.02 Å². The number of hydrogen-bond donors (Lipinski definition) is 1. The van der Waals surface area contributed by atoms with Crippen LogP contribution >= 0.6 is 23.4 Å². The Hall–Kier alpha value is -1.87. The van der Waals surface area contributed by atoms with Crippen LogP contribution in [0.3, 0.4) is 0 Å². The molecule has 1 aliphatic heterocycles. The van der Waals surface area contributed by atoms with Gasteiger partial charge in [0.15, 0.2) is 5.17 Å². The Kier molecular flexibility index (Phi) is 5.90. The number of amidine groups is 1. The van der Waals surface area contributed by atoms with Crippen molar-refractivity contribution in [1.29, 1.82) is 0 Å². The van der Waals surface area contributed by atoms with Crippen molar-refractivity contribution in [3.05, 3.63) is 28.8 Å². The number of alkyl halides is 3. The monoisotopic (exact) mass is 417 g/mol. The number of thioether (sulfide) groups is 1. The summed E-state index contributed by atoms with van der Waals surface area (Å²) in [5, 5.41) is 2.55. The van der Waals surface area contributed by atoms with E-state index in [0.29, 0.717) is 0 Å². The normalized spacial score (nSPS) is 19.9. The van der Waals surface area contributed by atoms with Gasteiger partial charge in [0, 0.05) is 5.71 Å². The van der Waals surface area contributed by atoms with E-state index in [1.807, 2.05) is 0 Å². The second-order valence-electron chi connectivity index (χ2n) is 6.16. The van der Waals surface area contributed by atoms with Crippen LogP contribution in [-0.4, -0.2) is 28.4 Å². The van der Waals surface area contributed by atoms with E-state index < -0.39 is 17.6 Å². The Morgan fingerprint density at radius 2 is 2.07 bits per heavy atom. The standard InChI is InChI=1S/C17H15ClF3N3O2S/c18-11-6-5-9(17(19,20)21)7-13(11)22-14(25)8-27-16-23-12-4-2-1-3-10(12)15(26)24-16/h5-7,10H,1-4,8H2,(H,22,25). The predicted octanol–water partition coefficient (Wildman–Crippen LogP) is 4.56. The maximum absolute atomic E-state index is 12.8. The van der Waals surface area contributed by atoms with Gasteiger partial charge in [-0.3, -0.25) is 9.59 Å². The van der Waals surface area contributed by atoms with E-state index in [-0.39, 0.29) is 33.5 Å². The number of carbonyl (C=O) groups is 2. The molecule has 0 bridgehead atoms. The van der Waals surface area contributed by atoms with Gasteiger partial charge < -0.3 is 5.32 Å². The minimum atomic E-state index is -4.54. The summed E-state index contributed by atoms with van der Waals surface area (Å²) in [6, 6.07) is 2.69. The van der Waals surface area contributed by atoms with Crippen LogP contribution in [0.4, 0.5) is 18.9 Å². The molecule has 1 saturated carbocycles. The SMILES string of the molecule is O=C(CSC1=NC(=O)C2CCCCC2=N1)Nc1cc(C(F)(F)F)ccc1Cl. The van der Waals surface area contributed by atoms with E-state index in [1.165, 1.54) is 0 Å². The van der Waals surface area contributed by atoms with Crippen molar-refractivity contribution in [2.75, 3.05) is 11.1 Å². The lowest BCUT2D eigenvalue weighted by Gasteiger charge is -2.24. The summed E-state index contributed by atoms with van der Waals surface area (Å²) in [4.78, 5) is 32.4. The molecule has 0 saturated heterocycles. The van der Waals surface area contributed by atoms with E-state index in [4.69, 9.17) is 11.6 Å². The maximum Gasteiger partial charge on any atom is 0.416 e. The second-order valence-corrected chi connectivity index (χ2v) is 7.51. The van der Waals surface area contributed by atoms with E-state index in [9.17, 15) is 22.8 Å². The summed E-state index contributed by atoms with van der Waals surface area (Å²) in [5.74, 6) is -1.22. The fourth-order valence-electron chi connectivity index (χ4n) is 2.89. The van der Waals surface area contributed by atoms with Crippen molar-refractivity contribution >= 4 is 51.7 Å². The predicted molar refractivity (Wildman–Crippen MR) is 99.4 cm³/mol. The quantitative estimate of drug-likeness (QED) is 0.783. The van der Waals surface area contributed by atoms with Crippen LogP contribution in [0.15, 0.2) is 28.2 Å². The molecule has 1 aromatic rings. The smallest absolute Gasteiger partial charge is 0.324 e. The molecule has 0 radical (unpaired) electrons. The number of halogens is 4. The van der Waals surface area contributed by atoms with E-state index in [2.05, 4.69) is 15.3 Å². The molecule has 0 spiro atoms. The van der Waals surface area contributed by atoms with Gasteiger partial charge >= 0.3 is 6.18 Å². The first kappa shape index (κ1) is 19.9. The lowest BCUT2D eigenvalue weighted by molar-refractivity contribution is -0.137. The summed E-state index contributed by atoms with van der Waals surface area (Å²) in [5.41, 5.74) is -0.241. The Balaban J connectivity index is 1.62. The zero-order valence-corrected chi connectivity index (χ0v) is 15.5. The minimum Gasteiger partial charge on any atom is -0.324 e. The second kappa shape index (κ2) is 8.02. The lowest BCUT2D eigenvalue weighted by Crippen LogP contribution is -2.30. The molecular weight excluding hydrogens is 403 g/mol. The van der Waals surface area contributed by atoms with Gasteiger partial charge in [0.2, 0.25) is 5.91 Å². The molecule has 3 rings (SSSR count). The highest BCUT2D eigenvalue weighted by atomic mass is 35.5. The number of nitrogens with one attached hydrogen (secondary N) is 1. The van der Waals surface area contributed by atoms with Crippen molar-refractivity contribution < 1.29 is 22.8 Å². The highest BCUT2D eigenvalue weighted by Crippen LogP contribution is 2.34. The Bertz CT molecular complexity index is 839. The van der Waals surface area contributed by atoms with Gasteiger partial charge in [-0.25, -0.2) is 4.99 Å². The average Bonchev–Trinajstić information content (AvgIpc) is 2.61. The van der Waals surface area contributed by atoms with Gasteiger partial charge in [-0.05, 0) is 37.5 Å². The topological polar surface area (TPSA) is 70.9 Å². The molecule has 2 amide bonds. The van der Waals surface area contributed by atoms with E-state index >= 15 is 0 Å². The molecule has 1 fully saturated rings. The third kappa shape index (κ3) is 4.90. The molecule has 1 aromatic carbocycles. The van der Waals surface area contributed by atoms with Gasteiger partial charge in [-0.15, -0.1) is 0 Å². The summed E-state index contributed by atoms with van der Waals surface area (Å²) >= 11 is 6.82. The number of nitrogens with zero attached hydrogens (tertiary/aromatic N) is 2. The first-order valence-electron chi connectivity index (χ1n) is 8.23. The van der Waals surface area contributed by atoms with Crippen LogP contribution in [-0.2, 0) is 15.8 Å². The number of carbonyl (C=O) groups excluding carboxylic acids is 2. The Labute approximate surface area is 162 Å². The van der Waals surface area contributed by atoms with Crippen molar-refractivity contribution in [3.8, 4) is 0 Å². The van der Waals surface area contributed by atoms with Gasteiger partial charge in [0.25, 0.3) is 5.91 Å². The van der Waals surface area contributed by atoms with E-state index in [0.717, 1.165) is 61.4 Å².